The second-order valence-electron chi connectivity index (χ2n) is 5.88. The van der Waals surface area contributed by atoms with Gasteiger partial charge in [-0.3, -0.25) is 4.79 Å². The first-order valence-electron chi connectivity index (χ1n) is 6.72. The maximum Gasteiger partial charge on any atom is 0.322 e. The van der Waals surface area contributed by atoms with Gasteiger partial charge in [0.2, 0.25) is 0 Å². The quantitative estimate of drug-likeness (QED) is 0.423. The van der Waals surface area contributed by atoms with Crippen LogP contribution < -0.4 is 0 Å². The van der Waals surface area contributed by atoms with Gasteiger partial charge in [-0.2, -0.15) is 0 Å². The fourth-order valence-corrected chi connectivity index (χ4v) is 2.48. The summed E-state index contributed by atoms with van der Waals surface area (Å²) in [5.74, 6) is 0.473. The molecule has 0 bridgehead atoms. The van der Waals surface area contributed by atoms with Gasteiger partial charge in [-0.15, -0.1) is 0 Å². The minimum absolute atomic E-state index is 0.0591. The highest BCUT2D eigenvalue weighted by atomic mass is 127. The third kappa shape index (κ3) is 4.11. The van der Waals surface area contributed by atoms with Crippen molar-refractivity contribution in [1.82, 2.24) is 0 Å². The van der Waals surface area contributed by atoms with Gasteiger partial charge in [-0.1, -0.05) is 48.8 Å². The number of hydrogen-bond acceptors (Lipinski definition) is 2. The van der Waals surface area contributed by atoms with E-state index in [2.05, 4.69) is 36.4 Å². The predicted molar refractivity (Wildman–Crippen MR) is 79.5 cm³/mol. The molecular formula is C14H25IO2. The molecule has 1 atom stereocenters. The Hall–Kier alpha value is 0.200. The Morgan fingerprint density at radius 1 is 1.24 bits per heavy atom. The molecule has 0 aromatic rings. The van der Waals surface area contributed by atoms with Gasteiger partial charge < -0.3 is 4.74 Å². The number of carbonyl (C=O) groups excluding carboxylic acids is 1. The minimum atomic E-state index is -0.385. The second kappa shape index (κ2) is 5.89. The average Bonchev–Trinajstić information content (AvgIpc) is 2.29. The van der Waals surface area contributed by atoms with E-state index in [0.717, 1.165) is 6.42 Å². The molecule has 1 fully saturated rings. The number of rotatable bonds is 4. The van der Waals surface area contributed by atoms with Crippen LogP contribution in [0.1, 0.15) is 66.2 Å². The zero-order chi connectivity index (χ0) is 13.1. The van der Waals surface area contributed by atoms with E-state index >= 15 is 0 Å². The van der Waals surface area contributed by atoms with Crippen LogP contribution in [0.25, 0.3) is 0 Å². The van der Waals surface area contributed by atoms with Gasteiger partial charge in [0.1, 0.15) is 9.02 Å². The molecule has 1 rings (SSSR count). The van der Waals surface area contributed by atoms with E-state index in [1.54, 1.807) is 0 Å². The molecular weight excluding hydrogens is 327 g/mol. The Balaban J connectivity index is 2.61. The smallest absolute Gasteiger partial charge is 0.322 e. The molecule has 0 spiro atoms. The van der Waals surface area contributed by atoms with E-state index in [1.165, 1.54) is 32.1 Å². The summed E-state index contributed by atoms with van der Waals surface area (Å²) >= 11 is 2.20. The average molecular weight is 352 g/mol. The van der Waals surface area contributed by atoms with E-state index in [9.17, 15) is 4.79 Å². The van der Waals surface area contributed by atoms with Crippen molar-refractivity contribution in [1.29, 1.82) is 0 Å². The summed E-state index contributed by atoms with van der Waals surface area (Å²) in [6.45, 7) is 8.13. The Morgan fingerprint density at radius 3 is 2.24 bits per heavy atom. The Morgan fingerprint density at radius 2 is 1.76 bits per heavy atom. The number of carbonyl (C=O) groups is 1. The molecule has 1 saturated carbocycles. The molecule has 0 aromatic heterocycles. The van der Waals surface area contributed by atoms with E-state index in [0.29, 0.717) is 5.92 Å². The largest absolute Gasteiger partial charge is 0.458 e. The Labute approximate surface area is 119 Å². The molecule has 0 aliphatic heterocycles. The molecule has 0 amide bonds. The highest BCUT2D eigenvalue weighted by molar-refractivity contribution is 14.1. The van der Waals surface area contributed by atoms with Crippen LogP contribution in [0.5, 0.6) is 0 Å². The van der Waals surface area contributed by atoms with Crippen LogP contribution in [-0.4, -0.2) is 15.0 Å². The normalized spacial score (nSPS) is 21.9. The van der Waals surface area contributed by atoms with Crippen LogP contribution in [0.4, 0.5) is 0 Å². The standard InChI is InChI=1S/C14H25IO2/c1-5-14(4,15)12(16)17-13(2,3)11-9-7-6-8-10-11/h11H,5-10H2,1-4H3. The highest BCUT2D eigenvalue weighted by Gasteiger charge is 2.38. The summed E-state index contributed by atoms with van der Waals surface area (Å²) in [7, 11) is 0. The van der Waals surface area contributed by atoms with E-state index in [4.69, 9.17) is 4.74 Å². The third-order valence-electron chi connectivity index (χ3n) is 4.03. The van der Waals surface area contributed by atoms with Crippen LogP contribution in [-0.2, 0) is 9.53 Å². The maximum atomic E-state index is 12.1. The highest BCUT2D eigenvalue weighted by Crippen LogP contribution is 2.36. The van der Waals surface area contributed by atoms with Crippen LogP contribution in [0, 0.1) is 5.92 Å². The van der Waals surface area contributed by atoms with Gasteiger partial charge in [-0.05, 0) is 46.0 Å². The molecule has 100 valence electrons. The summed E-state index contributed by atoms with van der Waals surface area (Å²) < 4.78 is 5.40. The van der Waals surface area contributed by atoms with Crippen molar-refractivity contribution in [2.75, 3.05) is 0 Å². The number of hydrogen-bond donors (Lipinski definition) is 0. The van der Waals surface area contributed by atoms with Crippen molar-refractivity contribution in [2.45, 2.75) is 75.2 Å². The van der Waals surface area contributed by atoms with Crippen molar-refractivity contribution in [3.05, 3.63) is 0 Å². The lowest BCUT2D eigenvalue weighted by Crippen LogP contribution is -2.42. The van der Waals surface area contributed by atoms with Crippen molar-refractivity contribution >= 4 is 28.6 Å². The molecule has 2 nitrogen and oxygen atoms in total. The van der Waals surface area contributed by atoms with Gasteiger partial charge in [0, 0.05) is 0 Å². The van der Waals surface area contributed by atoms with Crippen LogP contribution in [0.3, 0.4) is 0 Å². The maximum absolute atomic E-state index is 12.1. The van der Waals surface area contributed by atoms with E-state index in [-0.39, 0.29) is 15.0 Å². The van der Waals surface area contributed by atoms with Crippen molar-refractivity contribution in [3.8, 4) is 0 Å². The summed E-state index contributed by atoms with van der Waals surface area (Å²) in [6, 6.07) is 0. The lowest BCUT2D eigenvalue weighted by molar-refractivity contribution is -0.165. The first-order valence-corrected chi connectivity index (χ1v) is 7.80. The Kier molecular flexibility index (Phi) is 5.29. The van der Waals surface area contributed by atoms with E-state index < -0.39 is 0 Å². The van der Waals surface area contributed by atoms with Crippen LogP contribution >= 0.6 is 22.6 Å². The fourth-order valence-electron chi connectivity index (χ4n) is 2.37. The lowest BCUT2D eigenvalue weighted by atomic mass is 9.78. The summed E-state index contributed by atoms with van der Waals surface area (Å²) in [5, 5.41) is 0. The monoisotopic (exact) mass is 352 g/mol. The molecule has 1 unspecified atom stereocenters. The fraction of sp³-hybridized carbons (Fsp3) is 0.929. The zero-order valence-corrected chi connectivity index (χ0v) is 13.7. The second-order valence-corrected chi connectivity index (χ2v) is 8.26. The number of ether oxygens (including phenoxy) is 1. The van der Waals surface area contributed by atoms with Gasteiger partial charge in [0.05, 0.1) is 0 Å². The summed E-state index contributed by atoms with van der Waals surface area (Å²) in [4.78, 5) is 12.1. The van der Waals surface area contributed by atoms with Crippen molar-refractivity contribution in [3.63, 3.8) is 0 Å². The first kappa shape index (κ1) is 15.3. The van der Waals surface area contributed by atoms with Crippen molar-refractivity contribution < 1.29 is 9.53 Å². The number of halogens is 1. The number of esters is 1. The predicted octanol–water partition coefficient (Wildman–Crippen LogP) is 4.49. The SMILES string of the molecule is CCC(C)(I)C(=O)OC(C)(C)C1CCCCC1. The topological polar surface area (TPSA) is 26.3 Å². The summed E-state index contributed by atoms with van der Waals surface area (Å²) in [6.07, 6.45) is 7.10. The minimum Gasteiger partial charge on any atom is -0.458 e. The summed E-state index contributed by atoms with van der Waals surface area (Å²) in [5.41, 5.74) is -0.306. The first-order chi connectivity index (χ1) is 7.79. The molecule has 1 aliphatic carbocycles. The Bertz CT molecular complexity index is 265. The van der Waals surface area contributed by atoms with Crippen molar-refractivity contribution in [2.24, 2.45) is 5.92 Å². The van der Waals surface area contributed by atoms with Crippen LogP contribution in [0.15, 0.2) is 0 Å². The molecule has 17 heavy (non-hydrogen) atoms. The zero-order valence-electron chi connectivity index (χ0n) is 11.5. The molecule has 3 heteroatoms. The van der Waals surface area contributed by atoms with Gasteiger partial charge >= 0.3 is 5.97 Å². The number of alkyl halides is 1. The third-order valence-corrected chi connectivity index (χ3v) is 5.24. The molecule has 1 aliphatic rings. The van der Waals surface area contributed by atoms with Gasteiger partial charge in [-0.25, -0.2) is 0 Å². The molecule has 0 N–H and O–H groups in total. The molecule has 0 aromatic carbocycles. The molecule has 0 saturated heterocycles. The van der Waals surface area contributed by atoms with Gasteiger partial charge in [0.25, 0.3) is 0 Å². The van der Waals surface area contributed by atoms with E-state index in [1.807, 2.05) is 13.8 Å². The lowest BCUT2D eigenvalue weighted by Gasteiger charge is -2.38. The molecule has 0 heterocycles. The molecule has 0 radical (unpaired) electrons. The van der Waals surface area contributed by atoms with Crippen LogP contribution in [0.2, 0.25) is 0 Å². The van der Waals surface area contributed by atoms with Gasteiger partial charge in [0.15, 0.2) is 0 Å².